The summed E-state index contributed by atoms with van der Waals surface area (Å²) in [5, 5.41) is 3.35. The van der Waals surface area contributed by atoms with E-state index in [4.69, 9.17) is 0 Å². The standard InChI is InChI=1S/C14H19BrN2O/c1-11-10-17(9-8-16-11)14(18)7-4-12-2-5-13(15)6-3-12/h2-3,5-6,11,16H,4,7-10H2,1H3. The van der Waals surface area contributed by atoms with E-state index in [1.54, 1.807) is 0 Å². The molecule has 1 saturated heterocycles. The fraction of sp³-hybridized carbons (Fsp3) is 0.500. The molecule has 2 rings (SSSR count). The Morgan fingerprint density at radius 1 is 1.44 bits per heavy atom. The third-order valence-electron chi connectivity index (χ3n) is 3.26. The third-order valence-corrected chi connectivity index (χ3v) is 3.79. The van der Waals surface area contributed by atoms with Gasteiger partial charge < -0.3 is 10.2 Å². The highest BCUT2D eigenvalue weighted by molar-refractivity contribution is 9.10. The molecule has 0 radical (unpaired) electrons. The van der Waals surface area contributed by atoms with Crippen molar-refractivity contribution >= 4 is 21.8 Å². The molecule has 1 N–H and O–H groups in total. The van der Waals surface area contributed by atoms with Crippen LogP contribution in [0.2, 0.25) is 0 Å². The number of aryl methyl sites for hydroxylation is 1. The molecule has 0 bridgehead atoms. The predicted octanol–water partition coefficient (Wildman–Crippen LogP) is 2.20. The molecule has 1 fully saturated rings. The molecule has 3 nitrogen and oxygen atoms in total. The van der Waals surface area contributed by atoms with Gasteiger partial charge in [-0.15, -0.1) is 0 Å². The van der Waals surface area contributed by atoms with E-state index in [0.29, 0.717) is 12.5 Å². The number of nitrogens with one attached hydrogen (secondary N) is 1. The second-order valence-corrected chi connectivity index (χ2v) is 5.74. The minimum Gasteiger partial charge on any atom is -0.340 e. The van der Waals surface area contributed by atoms with Gasteiger partial charge in [0.05, 0.1) is 0 Å². The molecule has 0 aliphatic carbocycles. The Kier molecular flexibility index (Phi) is 4.78. The summed E-state index contributed by atoms with van der Waals surface area (Å²) >= 11 is 3.41. The van der Waals surface area contributed by atoms with Gasteiger partial charge in [-0.05, 0) is 31.0 Å². The highest BCUT2D eigenvalue weighted by Gasteiger charge is 2.19. The van der Waals surface area contributed by atoms with E-state index < -0.39 is 0 Å². The van der Waals surface area contributed by atoms with Crippen LogP contribution in [0.5, 0.6) is 0 Å². The molecule has 0 aromatic heterocycles. The van der Waals surface area contributed by atoms with Crippen molar-refractivity contribution in [2.24, 2.45) is 0 Å². The number of amides is 1. The fourth-order valence-electron chi connectivity index (χ4n) is 2.22. The first kappa shape index (κ1) is 13.6. The Balaban J connectivity index is 1.82. The van der Waals surface area contributed by atoms with Crippen molar-refractivity contribution in [2.45, 2.75) is 25.8 Å². The molecule has 1 aliphatic heterocycles. The molecular weight excluding hydrogens is 292 g/mol. The van der Waals surface area contributed by atoms with E-state index in [1.165, 1.54) is 5.56 Å². The summed E-state index contributed by atoms with van der Waals surface area (Å²) in [4.78, 5) is 14.0. The third kappa shape index (κ3) is 3.82. The van der Waals surface area contributed by atoms with Gasteiger partial charge in [0.2, 0.25) is 5.91 Å². The van der Waals surface area contributed by atoms with Crippen molar-refractivity contribution in [3.05, 3.63) is 34.3 Å². The first-order valence-electron chi connectivity index (χ1n) is 6.41. The van der Waals surface area contributed by atoms with Gasteiger partial charge in [0.15, 0.2) is 0 Å². The summed E-state index contributed by atoms with van der Waals surface area (Å²) < 4.78 is 1.08. The van der Waals surface area contributed by atoms with Crippen LogP contribution in [0, 0.1) is 0 Å². The maximum Gasteiger partial charge on any atom is 0.222 e. The van der Waals surface area contributed by atoms with Gasteiger partial charge >= 0.3 is 0 Å². The summed E-state index contributed by atoms with van der Waals surface area (Å²) in [6.07, 6.45) is 1.43. The van der Waals surface area contributed by atoms with Gasteiger partial charge in [0.1, 0.15) is 0 Å². The quantitative estimate of drug-likeness (QED) is 0.928. The number of hydrogen-bond donors (Lipinski definition) is 1. The summed E-state index contributed by atoms with van der Waals surface area (Å²) in [6.45, 7) is 4.70. The largest absolute Gasteiger partial charge is 0.340 e. The molecule has 98 valence electrons. The van der Waals surface area contributed by atoms with Crippen LogP contribution in [0.4, 0.5) is 0 Å². The number of hydrogen-bond acceptors (Lipinski definition) is 2. The summed E-state index contributed by atoms with van der Waals surface area (Å²) in [6, 6.07) is 8.59. The van der Waals surface area contributed by atoms with E-state index in [1.807, 2.05) is 17.0 Å². The zero-order valence-electron chi connectivity index (χ0n) is 10.7. The van der Waals surface area contributed by atoms with Crippen molar-refractivity contribution in [2.75, 3.05) is 19.6 Å². The summed E-state index contributed by atoms with van der Waals surface area (Å²) in [5.41, 5.74) is 1.22. The average molecular weight is 311 g/mol. The van der Waals surface area contributed by atoms with E-state index in [2.05, 4.69) is 40.3 Å². The Morgan fingerprint density at radius 2 is 2.17 bits per heavy atom. The van der Waals surface area contributed by atoms with Crippen molar-refractivity contribution in [3.8, 4) is 0 Å². The van der Waals surface area contributed by atoms with Gasteiger partial charge in [-0.3, -0.25) is 4.79 Å². The Labute approximate surface area is 117 Å². The zero-order valence-corrected chi connectivity index (χ0v) is 12.2. The highest BCUT2D eigenvalue weighted by Crippen LogP contribution is 2.12. The molecule has 1 aliphatic rings. The zero-order chi connectivity index (χ0) is 13.0. The first-order chi connectivity index (χ1) is 8.65. The maximum absolute atomic E-state index is 12.1. The maximum atomic E-state index is 12.1. The molecule has 1 aromatic carbocycles. The van der Waals surface area contributed by atoms with Gasteiger partial charge in [0, 0.05) is 36.6 Å². The van der Waals surface area contributed by atoms with Gasteiger partial charge in [-0.2, -0.15) is 0 Å². The van der Waals surface area contributed by atoms with Crippen LogP contribution in [-0.2, 0) is 11.2 Å². The van der Waals surface area contributed by atoms with Gasteiger partial charge in [-0.1, -0.05) is 28.1 Å². The smallest absolute Gasteiger partial charge is 0.222 e. The van der Waals surface area contributed by atoms with Crippen LogP contribution in [0.3, 0.4) is 0 Å². The monoisotopic (exact) mass is 310 g/mol. The lowest BCUT2D eigenvalue weighted by molar-refractivity contribution is -0.132. The molecule has 1 amide bonds. The van der Waals surface area contributed by atoms with Crippen LogP contribution < -0.4 is 5.32 Å². The molecule has 1 atom stereocenters. The molecule has 1 heterocycles. The second kappa shape index (κ2) is 6.34. The average Bonchev–Trinajstić information content (AvgIpc) is 2.38. The van der Waals surface area contributed by atoms with Crippen molar-refractivity contribution in [1.29, 1.82) is 0 Å². The van der Waals surface area contributed by atoms with Crippen molar-refractivity contribution in [3.63, 3.8) is 0 Å². The SMILES string of the molecule is CC1CN(C(=O)CCc2ccc(Br)cc2)CCN1. The minimum atomic E-state index is 0.270. The summed E-state index contributed by atoms with van der Waals surface area (Å²) in [5.74, 6) is 0.270. The molecular formula is C14H19BrN2O. The highest BCUT2D eigenvalue weighted by atomic mass is 79.9. The fourth-order valence-corrected chi connectivity index (χ4v) is 2.48. The molecule has 0 saturated carbocycles. The number of benzene rings is 1. The van der Waals surface area contributed by atoms with E-state index in [9.17, 15) is 4.79 Å². The number of piperazine rings is 1. The number of carbonyl (C=O) groups excluding carboxylic acids is 1. The van der Waals surface area contributed by atoms with Crippen molar-refractivity contribution < 1.29 is 4.79 Å². The lowest BCUT2D eigenvalue weighted by atomic mass is 10.1. The van der Waals surface area contributed by atoms with Crippen LogP contribution >= 0.6 is 15.9 Å². The van der Waals surface area contributed by atoms with Crippen LogP contribution in [0.15, 0.2) is 28.7 Å². The van der Waals surface area contributed by atoms with Crippen LogP contribution in [0.1, 0.15) is 18.9 Å². The van der Waals surface area contributed by atoms with E-state index >= 15 is 0 Å². The Bertz CT molecular complexity index is 405. The number of rotatable bonds is 3. The Morgan fingerprint density at radius 3 is 2.83 bits per heavy atom. The summed E-state index contributed by atoms with van der Waals surface area (Å²) in [7, 11) is 0. The van der Waals surface area contributed by atoms with Crippen molar-refractivity contribution in [1.82, 2.24) is 10.2 Å². The minimum absolute atomic E-state index is 0.270. The normalized spacial score (nSPS) is 19.9. The van der Waals surface area contributed by atoms with E-state index in [0.717, 1.165) is 30.5 Å². The topological polar surface area (TPSA) is 32.3 Å². The predicted molar refractivity (Wildman–Crippen MR) is 76.5 cm³/mol. The van der Waals surface area contributed by atoms with Crippen LogP contribution in [-0.4, -0.2) is 36.5 Å². The molecule has 4 heteroatoms. The first-order valence-corrected chi connectivity index (χ1v) is 7.20. The van der Waals surface area contributed by atoms with Crippen LogP contribution in [0.25, 0.3) is 0 Å². The molecule has 0 spiro atoms. The van der Waals surface area contributed by atoms with Gasteiger partial charge in [0.25, 0.3) is 0 Å². The lowest BCUT2D eigenvalue weighted by Gasteiger charge is -2.32. The number of nitrogens with zero attached hydrogens (tertiary/aromatic N) is 1. The number of halogens is 1. The molecule has 18 heavy (non-hydrogen) atoms. The van der Waals surface area contributed by atoms with E-state index in [-0.39, 0.29) is 5.91 Å². The number of carbonyl (C=O) groups is 1. The van der Waals surface area contributed by atoms with Gasteiger partial charge in [-0.25, -0.2) is 0 Å². The molecule has 1 unspecified atom stereocenters. The Hall–Kier alpha value is -0.870. The molecule has 1 aromatic rings. The lowest BCUT2D eigenvalue weighted by Crippen LogP contribution is -2.51. The second-order valence-electron chi connectivity index (χ2n) is 4.82.